The van der Waals surface area contributed by atoms with Crippen LogP contribution >= 0.6 is 0 Å². The highest BCUT2D eigenvalue weighted by Crippen LogP contribution is 2.29. The molecule has 6 N–H and O–H groups in total. The molecule has 4 aromatic rings. The summed E-state index contributed by atoms with van der Waals surface area (Å²) < 4.78 is 16.0. The number of hydrogen-bond acceptors (Lipinski definition) is 7. The fourth-order valence-electron chi connectivity index (χ4n) is 4.75. The summed E-state index contributed by atoms with van der Waals surface area (Å²) in [5.41, 5.74) is 7.82. The Hall–Kier alpha value is -4.02. The molecule has 2 atom stereocenters. The van der Waals surface area contributed by atoms with Crippen LogP contribution in [-0.2, 0) is 0 Å². The largest absolute Gasteiger partial charge is 0.364 e. The first-order chi connectivity index (χ1) is 17.0. The molecule has 1 aliphatic rings. The molecule has 35 heavy (non-hydrogen) atoms. The van der Waals surface area contributed by atoms with Crippen LogP contribution in [0.3, 0.4) is 0 Å². The number of nitrogens with one attached hydrogen (secondary N) is 2. The van der Waals surface area contributed by atoms with Gasteiger partial charge in [-0.15, -0.1) is 0 Å². The Balaban J connectivity index is 1.45. The van der Waals surface area contributed by atoms with E-state index in [4.69, 9.17) is 11.7 Å². The van der Waals surface area contributed by atoms with Gasteiger partial charge in [0.2, 0.25) is 0 Å². The second-order valence-corrected chi connectivity index (χ2v) is 8.80. The zero-order chi connectivity index (χ0) is 24.5. The molecule has 1 aliphatic heterocycles. The third kappa shape index (κ3) is 4.17. The van der Waals surface area contributed by atoms with Gasteiger partial charge < -0.3 is 21.5 Å². The number of halogens is 1. The van der Waals surface area contributed by atoms with Crippen molar-refractivity contribution in [3.05, 3.63) is 72.4 Å². The van der Waals surface area contributed by atoms with Crippen LogP contribution in [0.5, 0.6) is 0 Å². The summed E-state index contributed by atoms with van der Waals surface area (Å²) in [5, 5.41) is 11.5. The van der Waals surface area contributed by atoms with E-state index in [1.807, 2.05) is 12.4 Å². The first kappa shape index (κ1) is 22.8. The number of amidine groups is 1. The highest BCUT2D eigenvalue weighted by Gasteiger charge is 2.24. The van der Waals surface area contributed by atoms with Crippen LogP contribution in [0.1, 0.15) is 19.4 Å². The van der Waals surface area contributed by atoms with Gasteiger partial charge in [-0.1, -0.05) is 18.2 Å². The van der Waals surface area contributed by atoms with Gasteiger partial charge in [0.25, 0.3) is 0 Å². The maximum Gasteiger partial charge on any atom is 0.169 e. The van der Waals surface area contributed by atoms with Crippen LogP contribution < -0.4 is 27.3 Å². The molecule has 3 heterocycles. The van der Waals surface area contributed by atoms with Crippen molar-refractivity contribution in [1.29, 1.82) is 0 Å². The molecule has 5 rings (SSSR count). The predicted octanol–water partition coefficient (Wildman–Crippen LogP) is 2.47. The van der Waals surface area contributed by atoms with Crippen LogP contribution in [0.4, 0.5) is 10.1 Å². The summed E-state index contributed by atoms with van der Waals surface area (Å²) in [4.78, 5) is 7.12. The first-order valence-corrected chi connectivity index (χ1v) is 11.5. The lowest BCUT2D eigenvalue weighted by Crippen LogP contribution is -2.55. The summed E-state index contributed by atoms with van der Waals surface area (Å²) in [7, 11) is 0. The molecule has 0 aliphatic carbocycles. The lowest BCUT2D eigenvalue weighted by molar-refractivity contribution is 0.432. The van der Waals surface area contributed by atoms with Gasteiger partial charge in [0.05, 0.1) is 11.8 Å². The molecular weight excluding hydrogens is 445 g/mol. The number of piperazine rings is 1. The Bertz CT molecular complexity index is 1370. The minimum Gasteiger partial charge on any atom is -0.364 e. The lowest BCUT2D eigenvalue weighted by atomic mass is 10.0. The Morgan fingerprint density at radius 1 is 1.06 bits per heavy atom. The molecular formula is C25H28FN9. The van der Waals surface area contributed by atoms with Crippen LogP contribution in [0.25, 0.3) is 27.9 Å². The standard InChI is InChI=1S/C25H28FN9/c1-15-10-29-11-16(2)35(15)20-6-3-17(4-7-20)19-12-30-25-22(13-31-34(25)14-19)18-5-8-23(26)21(9-18)24(32-27)33-28/h3-9,12-16,29H,10-11,27-28H2,1-2H3,(H,32,33). The van der Waals surface area contributed by atoms with Gasteiger partial charge in [0.15, 0.2) is 11.5 Å². The molecule has 10 heteroatoms. The summed E-state index contributed by atoms with van der Waals surface area (Å²) in [5.74, 6) is 10.3. The predicted molar refractivity (Wildman–Crippen MR) is 136 cm³/mol. The van der Waals surface area contributed by atoms with E-state index in [9.17, 15) is 4.39 Å². The maximum atomic E-state index is 14.3. The minimum atomic E-state index is -0.490. The molecule has 2 unspecified atom stereocenters. The van der Waals surface area contributed by atoms with Crippen LogP contribution in [-0.4, -0.2) is 45.6 Å². The van der Waals surface area contributed by atoms with E-state index in [2.05, 4.69) is 68.9 Å². The second-order valence-electron chi connectivity index (χ2n) is 8.80. The van der Waals surface area contributed by atoms with Crippen molar-refractivity contribution in [2.24, 2.45) is 16.8 Å². The molecule has 9 nitrogen and oxygen atoms in total. The highest BCUT2D eigenvalue weighted by molar-refractivity contribution is 5.99. The molecule has 180 valence electrons. The summed E-state index contributed by atoms with van der Waals surface area (Å²) >= 11 is 0. The summed E-state index contributed by atoms with van der Waals surface area (Å²) in [6, 6.07) is 14.0. The molecule has 1 fully saturated rings. The Labute approximate surface area is 202 Å². The van der Waals surface area contributed by atoms with E-state index in [0.717, 1.165) is 35.3 Å². The number of nitrogens with zero attached hydrogens (tertiary/aromatic N) is 5. The summed E-state index contributed by atoms with van der Waals surface area (Å²) in [6.07, 6.45) is 5.47. The van der Waals surface area contributed by atoms with Crippen molar-refractivity contribution in [1.82, 2.24) is 25.3 Å². The average molecular weight is 474 g/mol. The molecule has 2 aromatic carbocycles. The molecule has 0 radical (unpaired) electrons. The average Bonchev–Trinajstić information content (AvgIpc) is 3.29. The quantitative estimate of drug-likeness (QED) is 0.155. The van der Waals surface area contributed by atoms with Gasteiger partial charge in [0.1, 0.15) is 5.82 Å². The van der Waals surface area contributed by atoms with E-state index in [1.54, 1.807) is 22.8 Å². The fraction of sp³-hybridized carbons (Fsp3) is 0.240. The van der Waals surface area contributed by atoms with E-state index in [-0.39, 0.29) is 11.4 Å². The van der Waals surface area contributed by atoms with Gasteiger partial charge in [-0.25, -0.2) is 19.7 Å². The Kier molecular flexibility index (Phi) is 6.06. The number of hydrazone groups is 1. The third-order valence-electron chi connectivity index (χ3n) is 6.48. The van der Waals surface area contributed by atoms with Crippen LogP contribution in [0.15, 0.2) is 66.2 Å². The zero-order valence-corrected chi connectivity index (χ0v) is 19.6. The van der Waals surface area contributed by atoms with Gasteiger partial charge in [0, 0.05) is 54.4 Å². The van der Waals surface area contributed by atoms with Crippen molar-refractivity contribution in [3.63, 3.8) is 0 Å². The van der Waals surface area contributed by atoms with Gasteiger partial charge in [-0.05, 0) is 49.2 Å². The topological polar surface area (TPSA) is 122 Å². The molecule has 2 aromatic heterocycles. The molecule has 0 amide bonds. The number of hydrogen-bond donors (Lipinski definition) is 4. The van der Waals surface area contributed by atoms with Crippen LogP contribution in [0.2, 0.25) is 0 Å². The molecule has 0 saturated carbocycles. The van der Waals surface area contributed by atoms with Crippen molar-refractivity contribution in [2.45, 2.75) is 25.9 Å². The summed E-state index contributed by atoms with van der Waals surface area (Å²) in [6.45, 7) is 6.44. The second kappa shape index (κ2) is 9.32. The number of aromatic nitrogens is 3. The van der Waals surface area contributed by atoms with E-state index in [0.29, 0.717) is 17.7 Å². The van der Waals surface area contributed by atoms with E-state index < -0.39 is 5.82 Å². The Morgan fingerprint density at radius 3 is 2.46 bits per heavy atom. The monoisotopic (exact) mass is 473 g/mol. The lowest BCUT2D eigenvalue weighted by Gasteiger charge is -2.41. The van der Waals surface area contributed by atoms with Gasteiger partial charge in [-0.3, -0.25) is 0 Å². The number of rotatable bonds is 4. The van der Waals surface area contributed by atoms with E-state index in [1.165, 1.54) is 11.8 Å². The molecule has 0 bridgehead atoms. The van der Waals surface area contributed by atoms with Crippen molar-refractivity contribution in [2.75, 3.05) is 18.0 Å². The number of benzene rings is 2. The third-order valence-corrected chi connectivity index (χ3v) is 6.48. The Morgan fingerprint density at radius 2 is 1.77 bits per heavy atom. The number of anilines is 1. The first-order valence-electron chi connectivity index (χ1n) is 11.5. The zero-order valence-electron chi connectivity index (χ0n) is 19.6. The van der Waals surface area contributed by atoms with Crippen LogP contribution in [0, 0.1) is 5.82 Å². The minimum absolute atomic E-state index is 0.0455. The van der Waals surface area contributed by atoms with Gasteiger partial charge in [-0.2, -0.15) is 10.2 Å². The fourth-order valence-corrected chi connectivity index (χ4v) is 4.75. The smallest absolute Gasteiger partial charge is 0.169 e. The van der Waals surface area contributed by atoms with Crippen molar-refractivity contribution in [3.8, 4) is 22.3 Å². The van der Waals surface area contributed by atoms with Gasteiger partial charge >= 0.3 is 0 Å². The van der Waals surface area contributed by atoms with E-state index >= 15 is 0 Å². The molecule has 1 saturated heterocycles. The van der Waals surface area contributed by atoms with Crippen molar-refractivity contribution < 1.29 is 4.39 Å². The van der Waals surface area contributed by atoms with Crippen molar-refractivity contribution >= 4 is 17.2 Å². The number of hydrazine groups is 1. The normalized spacial score (nSPS) is 18.7. The SMILES string of the molecule is CC1CNCC(C)N1c1ccc(-c2cnc3c(-c4ccc(F)c(/C(=N/N)NN)c4)cnn3c2)cc1. The number of nitrogens with two attached hydrogens (primary N) is 2. The molecule has 0 spiro atoms. The number of fused-ring (bicyclic) bond motifs is 1. The highest BCUT2D eigenvalue weighted by atomic mass is 19.1. The maximum absolute atomic E-state index is 14.3.